The first-order chi connectivity index (χ1) is 7.35. The summed E-state index contributed by atoms with van der Waals surface area (Å²) >= 11 is 0. The third kappa shape index (κ3) is 2.11. The quantitative estimate of drug-likeness (QED) is 0.711. The molecule has 1 aliphatic heterocycles. The van der Waals surface area contributed by atoms with Crippen LogP contribution in [0.15, 0.2) is 23.3 Å². The molecule has 84 valence electrons. The van der Waals surface area contributed by atoms with Crippen LogP contribution in [0, 0.1) is 0 Å². The van der Waals surface area contributed by atoms with Crippen LogP contribution in [0.5, 0.6) is 0 Å². The summed E-state index contributed by atoms with van der Waals surface area (Å²) in [7, 11) is 1.73. The van der Waals surface area contributed by atoms with Gasteiger partial charge in [0.05, 0.1) is 31.5 Å². The van der Waals surface area contributed by atoms with Crippen LogP contribution in [0.3, 0.4) is 0 Å². The number of methoxy groups -OCH3 is 1. The molecule has 1 aliphatic carbocycles. The van der Waals surface area contributed by atoms with Gasteiger partial charge in [0.2, 0.25) is 0 Å². The SMILES string of the molecule is CCCN1CCOC2=C1CC=C(OC)C2. The topological polar surface area (TPSA) is 21.7 Å². The van der Waals surface area contributed by atoms with E-state index in [1.807, 2.05) is 0 Å². The number of nitrogens with zero attached hydrogens (tertiary/aromatic N) is 1. The minimum atomic E-state index is 0.815. The minimum Gasteiger partial charge on any atom is -0.501 e. The van der Waals surface area contributed by atoms with Crippen molar-refractivity contribution in [3.05, 3.63) is 23.3 Å². The van der Waals surface area contributed by atoms with Gasteiger partial charge in [0.25, 0.3) is 0 Å². The number of allylic oxidation sites excluding steroid dienone is 1. The Morgan fingerprint density at radius 3 is 3.13 bits per heavy atom. The summed E-state index contributed by atoms with van der Waals surface area (Å²) in [5.41, 5.74) is 1.36. The zero-order chi connectivity index (χ0) is 10.7. The lowest BCUT2D eigenvalue weighted by Crippen LogP contribution is -2.34. The van der Waals surface area contributed by atoms with Gasteiger partial charge in [-0.1, -0.05) is 6.92 Å². The van der Waals surface area contributed by atoms with E-state index >= 15 is 0 Å². The zero-order valence-electron chi connectivity index (χ0n) is 9.58. The molecule has 0 aromatic rings. The fourth-order valence-corrected chi connectivity index (χ4v) is 2.18. The molecule has 0 saturated carbocycles. The van der Waals surface area contributed by atoms with Crippen LogP contribution >= 0.6 is 0 Å². The van der Waals surface area contributed by atoms with Gasteiger partial charge in [-0.15, -0.1) is 0 Å². The zero-order valence-corrected chi connectivity index (χ0v) is 9.58. The predicted octanol–water partition coefficient (Wildman–Crippen LogP) is 2.26. The summed E-state index contributed by atoms with van der Waals surface area (Å²) in [6.07, 6.45) is 5.14. The van der Waals surface area contributed by atoms with Gasteiger partial charge >= 0.3 is 0 Å². The van der Waals surface area contributed by atoms with Crippen LogP contribution in [0.1, 0.15) is 26.2 Å². The molecule has 0 radical (unpaired) electrons. The number of hydrogen-bond donors (Lipinski definition) is 0. The Morgan fingerprint density at radius 1 is 1.53 bits per heavy atom. The molecule has 0 bridgehead atoms. The van der Waals surface area contributed by atoms with Crippen LogP contribution in [0.25, 0.3) is 0 Å². The van der Waals surface area contributed by atoms with Crippen LogP contribution in [-0.2, 0) is 9.47 Å². The molecule has 15 heavy (non-hydrogen) atoms. The first kappa shape index (κ1) is 10.4. The van der Waals surface area contributed by atoms with Crippen LogP contribution in [-0.4, -0.2) is 31.7 Å². The lowest BCUT2D eigenvalue weighted by Gasteiger charge is -2.35. The molecular formula is C12H19NO2. The molecule has 0 aromatic heterocycles. The molecule has 0 fully saturated rings. The Hall–Kier alpha value is -1.12. The summed E-state index contributed by atoms with van der Waals surface area (Å²) < 4.78 is 11.0. The van der Waals surface area contributed by atoms with Gasteiger partial charge in [0, 0.05) is 13.0 Å². The average Bonchev–Trinajstić information content (AvgIpc) is 2.29. The molecule has 2 rings (SSSR count). The van der Waals surface area contributed by atoms with Crippen LogP contribution in [0.4, 0.5) is 0 Å². The van der Waals surface area contributed by atoms with Crippen LogP contribution < -0.4 is 0 Å². The van der Waals surface area contributed by atoms with E-state index in [1.54, 1.807) is 7.11 Å². The van der Waals surface area contributed by atoms with E-state index in [2.05, 4.69) is 17.9 Å². The number of ether oxygens (including phenoxy) is 2. The third-order valence-corrected chi connectivity index (χ3v) is 2.95. The van der Waals surface area contributed by atoms with Crippen molar-refractivity contribution in [2.24, 2.45) is 0 Å². The van der Waals surface area contributed by atoms with Crippen molar-refractivity contribution in [2.45, 2.75) is 26.2 Å². The van der Waals surface area contributed by atoms with Crippen LogP contribution in [0.2, 0.25) is 0 Å². The van der Waals surface area contributed by atoms with Gasteiger partial charge in [-0.05, 0) is 12.5 Å². The van der Waals surface area contributed by atoms with Crippen molar-refractivity contribution in [2.75, 3.05) is 26.8 Å². The Kier molecular flexibility index (Phi) is 3.19. The summed E-state index contributed by atoms with van der Waals surface area (Å²) in [5, 5.41) is 0. The second-order valence-electron chi connectivity index (χ2n) is 3.96. The van der Waals surface area contributed by atoms with Gasteiger partial charge in [0.15, 0.2) is 0 Å². The fraction of sp³-hybridized carbons (Fsp3) is 0.667. The lowest BCUT2D eigenvalue weighted by atomic mass is 10.1. The van der Waals surface area contributed by atoms with E-state index in [9.17, 15) is 0 Å². The van der Waals surface area contributed by atoms with Crippen molar-refractivity contribution in [3.63, 3.8) is 0 Å². The van der Waals surface area contributed by atoms with Crippen molar-refractivity contribution < 1.29 is 9.47 Å². The van der Waals surface area contributed by atoms with Gasteiger partial charge in [0.1, 0.15) is 12.4 Å². The van der Waals surface area contributed by atoms with E-state index in [4.69, 9.17) is 9.47 Å². The second-order valence-corrected chi connectivity index (χ2v) is 3.96. The number of hydrogen-bond acceptors (Lipinski definition) is 3. The summed E-state index contributed by atoms with van der Waals surface area (Å²) in [4.78, 5) is 2.45. The second kappa shape index (κ2) is 4.60. The molecule has 0 unspecified atom stereocenters. The molecule has 3 nitrogen and oxygen atoms in total. The highest BCUT2D eigenvalue weighted by Gasteiger charge is 2.24. The maximum Gasteiger partial charge on any atom is 0.123 e. The molecule has 0 aromatic carbocycles. The molecule has 2 aliphatic rings. The normalized spacial score (nSPS) is 20.7. The Balaban J connectivity index is 2.10. The first-order valence-electron chi connectivity index (χ1n) is 5.68. The molecule has 3 heteroatoms. The van der Waals surface area contributed by atoms with Crippen molar-refractivity contribution in [1.82, 2.24) is 4.90 Å². The van der Waals surface area contributed by atoms with Gasteiger partial charge in [-0.3, -0.25) is 0 Å². The Bertz CT molecular complexity index is 294. The Morgan fingerprint density at radius 2 is 2.40 bits per heavy atom. The minimum absolute atomic E-state index is 0.815. The maximum absolute atomic E-state index is 5.71. The predicted molar refractivity (Wildman–Crippen MR) is 59.2 cm³/mol. The van der Waals surface area contributed by atoms with E-state index in [1.165, 1.54) is 12.1 Å². The van der Waals surface area contributed by atoms with E-state index in [0.717, 1.165) is 44.1 Å². The fourth-order valence-electron chi connectivity index (χ4n) is 2.18. The third-order valence-electron chi connectivity index (χ3n) is 2.95. The smallest absolute Gasteiger partial charge is 0.123 e. The highest BCUT2D eigenvalue weighted by atomic mass is 16.5. The largest absolute Gasteiger partial charge is 0.501 e. The van der Waals surface area contributed by atoms with Crippen molar-refractivity contribution in [1.29, 1.82) is 0 Å². The summed E-state index contributed by atoms with van der Waals surface area (Å²) in [5.74, 6) is 2.15. The van der Waals surface area contributed by atoms with E-state index < -0.39 is 0 Å². The molecule has 0 N–H and O–H groups in total. The highest BCUT2D eigenvalue weighted by Crippen LogP contribution is 2.30. The van der Waals surface area contributed by atoms with E-state index in [-0.39, 0.29) is 0 Å². The molecule has 0 spiro atoms. The number of rotatable bonds is 3. The standard InChI is InChI=1S/C12H19NO2/c1-3-6-13-7-8-15-12-9-10(14-2)4-5-11(12)13/h4H,3,5-9H2,1-2H3. The molecule has 1 heterocycles. The van der Waals surface area contributed by atoms with Gasteiger partial charge in [-0.25, -0.2) is 0 Å². The van der Waals surface area contributed by atoms with Gasteiger partial charge in [-0.2, -0.15) is 0 Å². The first-order valence-corrected chi connectivity index (χ1v) is 5.68. The van der Waals surface area contributed by atoms with Crippen molar-refractivity contribution in [3.8, 4) is 0 Å². The highest BCUT2D eigenvalue weighted by molar-refractivity contribution is 5.23. The lowest BCUT2D eigenvalue weighted by molar-refractivity contribution is 0.112. The molecule has 0 saturated heterocycles. The maximum atomic E-state index is 5.71. The molecule has 0 atom stereocenters. The van der Waals surface area contributed by atoms with Gasteiger partial charge < -0.3 is 14.4 Å². The van der Waals surface area contributed by atoms with Crippen molar-refractivity contribution >= 4 is 0 Å². The molecule has 0 amide bonds. The average molecular weight is 209 g/mol. The monoisotopic (exact) mass is 209 g/mol. The Labute approximate surface area is 91.3 Å². The summed E-state index contributed by atoms with van der Waals surface area (Å²) in [6, 6.07) is 0. The summed E-state index contributed by atoms with van der Waals surface area (Å²) in [6.45, 7) is 5.20. The molecular weight excluding hydrogens is 190 g/mol. The van der Waals surface area contributed by atoms with E-state index in [0.29, 0.717) is 0 Å².